The van der Waals surface area contributed by atoms with E-state index in [0.29, 0.717) is 0 Å². The van der Waals surface area contributed by atoms with Gasteiger partial charge in [-0.1, -0.05) is 25.1 Å². The molecule has 0 radical (unpaired) electrons. The SMILES string of the molecule is CCC(F)(F)c1cccc(C2CNCCN2C)c1. The summed E-state index contributed by atoms with van der Waals surface area (Å²) in [5.41, 5.74) is 1.09. The number of likely N-dealkylation sites (N-methyl/N-ethyl adjacent to an activating group) is 1. The zero-order valence-electron chi connectivity index (χ0n) is 10.9. The highest BCUT2D eigenvalue weighted by Gasteiger charge is 2.30. The first kappa shape index (κ1) is 13.4. The predicted octanol–water partition coefficient (Wildman–Crippen LogP) is 2.76. The summed E-state index contributed by atoms with van der Waals surface area (Å²) in [6.45, 7) is 4.23. The lowest BCUT2D eigenvalue weighted by Gasteiger charge is -2.33. The maximum absolute atomic E-state index is 13.7. The lowest BCUT2D eigenvalue weighted by atomic mass is 9.98. The summed E-state index contributed by atoms with van der Waals surface area (Å²) in [5.74, 6) is -2.73. The van der Waals surface area contributed by atoms with Crippen LogP contribution in [0.25, 0.3) is 0 Å². The first-order valence-electron chi connectivity index (χ1n) is 6.44. The molecule has 1 saturated heterocycles. The molecule has 100 valence electrons. The average Bonchev–Trinajstić information content (AvgIpc) is 2.39. The Morgan fingerprint density at radius 3 is 2.89 bits per heavy atom. The van der Waals surface area contributed by atoms with Crippen molar-refractivity contribution in [3.8, 4) is 0 Å². The van der Waals surface area contributed by atoms with Crippen LogP contribution >= 0.6 is 0 Å². The Balaban J connectivity index is 2.26. The molecule has 0 saturated carbocycles. The van der Waals surface area contributed by atoms with Crippen LogP contribution in [0.1, 0.15) is 30.5 Å². The summed E-state index contributed by atoms with van der Waals surface area (Å²) in [6, 6.07) is 7.02. The van der Waals surface area contributed by atoms with Gasteiger partial charge in [-0.15, -0.1) is 0 Å². The normalized spacial score (nSPS) is 22.1. The minimum Gasteiger partial charge on any atom is -0.314 e. The number of rotatable bonds is 3. The smallest absolute Gasteiger partial charge is 0.273 e. The van der Waals surface area contributed by atoms with E-state index in [2.05, 4.69) is 10.2 Å². The third-order valence-electron chi connectivity index (χ3n) is 3.65. The monoisotopic (exact) mass is 254 g/mol. The van der Waals surface area contributed by atoms with Crippen LogP contribution < -0.4 is 5.32 Å². The molecule has 1 N–H and O–H groups in total. The molecule has 2 nitrogen and oxygen atoms in total. The van der Waals surface area contributed by atoms with Gasteiger partial charge >= 0.3 is 0 Å². The van der Waals surface area contributed by atoms with Gasteiger partial charge in [-0.25, -0.2) is 8.78 Å². The molecule has 1 unspecified atom stereocenters. The molecule has 1 aliphatic heterocycles. The molecule has 1 aromatic carbocycles. The molecular weight excluding hydrogens is 234 g/mol. The average molecular weight is 254 g/mol. The van der Waals surface area contributed by atoms with E-state index in [-0.39, 0.29) is 18.0 Å². The van der Waals surface area contributed by atoms with Crippen molar-refractivity contribution in [3.05, 3.63) is 35.4 Å². The molecule has 0 amide bonds. The van der Waals surface area contributed by atoms with Crippen LogP contribution in [0.5, 0.6) is 0 Å². The second-order valence-electron chi connectivity index (χ2n) is 4.88. The summed E-state index contributed by atoms with van der Waals surface area (Å²) in [6.07, 6.45) is -0.158. The van der Waals surface area contributed by atoms with Crippen molar-refractivity contribution >= 4 is 0 Å². The topological polar surface area (TPSA) is 15.3 Å². The highest BCUT2D eigenvalue weighted by atomic mass is 19.3. The van der Waals surface area contributed by atoms with Gasteiger partial charge in [-0.05, 0) is 18.7 Å². The van der Waals surface area contributed by atoms with Gasteiger partial charge in [-0.2, -0.15) is 0 Å². The Morgan fingerprint density at radius 2 is 2.22 bits per heavy atom. The lowest BCUT2D eigenvalue weighted by molar-refractivity contribution is -0.00846. The largest absolute Gasteiger partial charge is 0.314 e. The van der Waals surface area contributed by atoms with Crippen molar-refractivity contribution in [2.75, 3.05) is 26.7 Å². The number of hydrogen-bond acceptors (Lipinski definition) is 2. The predicted molar refractivity (Wildman–Crippen MR) is 68.9 cm³/mol. The quantitative estimate of drug-likeness (QED) is 0.892. The van der Waals surface area contributed by atoms with Gasteiger partial charge in [0.2, 0.25) is 0 Å². The number of benzene rings is 1. The van der Waals surface area contributed by atoms with Gasteiger partial charge in [-0.3, -0.25) is 4.90 Å². The minimum atomic E-state index is -2.73. The number of alkyl halides is 2. The van der Waals surface area contributed by atoms with Crippen LogP contribution in [0.2, 0.25) is 0 Å². The molecular formula is C14H20F2N2. The third-order valence-corrected chi connectivity index (χ3v) is 3.65. The van der Waals surface area contributed by atoms with Crippen molar-refractivity contribution in [3.63, 3.8) is 0 Å². The molecule has 0 aromatic heterocycles. The van der Waals surface area contributed by atoms with Gasteiger partial charge in [0.15, 0.2) is 0 Å². The number of piperazine rings is 1. The van der Waals surface area contributed by atoms with Crippen LogP contribution in [0.3, 0.4) is 0 Å². The van der Waals surface area contributed by atoms with Gasteiger partial charge in [0.1, 0.15) is 0 Å². The minimum absolute atomic E-state index is 0.126. The molecule has 1 fully saturated rings. The van der Waals surface area contributed by atoms with Crippen LogP contribution in [0.4, 0.5) is 8.78 Å². The van der Waals surface area contributed by atoms with Gasteiger partial charge in [0, 0.05) is 37.7 Å². The lowest BCUT2D eigenvalue weighted by Crippen LogP contribution is -2.43. The second kappa shape index (κ2) is 5.33. The zero-order valence-corrected chi connectivity index (χ0v) is 10.9. The van der Waals surface area contributed by atoms with E-state index >= 15 is 0 Å². The summed E-state index contributed by atoms with van der Waals surface area (Å²) in [4.78, 5) is 2.21. The number of halogens is 2. The Labute approximate surface area is 107 Å². The van der Waals surface area contributed by atoms with Crippen molar-refractivity contribution in [1.82, 2.24) is 10.2 Å². The van der Waals surface area contributed by atoms with E-state index in [4.69, 9.17) is 0 Å². The zero-order chi connectivity index (χ0) is 13.2. The molecule has 2 rings (SSSR count). The highest BCUT2D eigenvalue weighted by Crippen LogP contribution is 2.33. The van der Waals surface area contributed by atoms with Gasteiger partial charge < -0.3 is 5.32 Å². The first-order valence-corrected chi connectivity index (χ1v) is 6.44. The standard InChI is InChI=1S/C14H20F2N2/c1-3-14(15,16)12-6-4-5-11(9-12)13-10-17-7-8-18(13)2/h4-6,9,13,17H,3,7-8,10H2,1-2H3. The van der Waals surface area contributed by atoms with Crippen molar-refractivity contribution in [2.45, 2.75) is 25.3 Å². The third kappa shape index (κ3) is 2.70. The molecule has 1 heterocycles. The van der Waals surface area contributed by atoms with Crippen molar-refractivity contribution in [1.29, 1.82) is 0 Å². The molecule has 1 aliphatic rings. The summed E-state index contributed by atoms with van der Waals surface area (Å²) in [5, 5.41) is 3.31. The van der Waals surface area contributed by atoms with Crippen molar-refractivity contribution < 1.29 is 8.78 Å². The van der Waals surface area contributed by atoms with E-state index in [0.717, 1.165) is 25.2 Å². The Morgan fingerprint density at radius 1 is 1.44 bits per heavy atom. The van der Waals surface area contributed by atoms with Crippen LogP contribution in [0.15, 0.2) is 24.3 Å². The molecule has 4 heteroatoms. The first-order chi connectivity index (χ1) is 8.54. The molecule has 0 bridgehead atoms. The van der Waals surface area contributed by atoms with Crippen LogP contribution in [0, 0.1) is 0 Å². The summed E-state index contributed by atoms with van der Waals surface area (Å²) in [7, 11) is 2.04. The Bertz CT molecular complexity index is 407. The number of nitrogens with zero attached hydrogens (tertiary/aromatic N) is 1. The fourth-order valence-electron chi connectivity index (χ4n) is 2.36. The molecule has 18 heavy (non-hydrogen) atoms. The highest BCUT2D eigenvalue weighted by molar-refractivity contribution is 5.29. The van der Waals surface area contributed by atoms with Crippen LogP contribution in [-0.2, 0) is 5.92 Å². The summed E-state index contributed by atoms with van der Waals surface area (Å²) < 4.78 is 27.4. The molecule has 0 spiro atoms. The Kier molecular flexibility index (Phi) is 3.97. The maximum atomic E-state index is 13.7. The second-order valence-corrected chi connectivity index (χ2v) is 4.88. The van der Waals surface area contributed by atoms with E-state index in [1.165, 1.54) is 13.0 Å². The van der Waals surface area contributed by atoms with E-state index in [1.54, 1.807) is 12.1 Å². The van der Waals surface area contributed by atoms with Crippen molar-refractivity contribution in [2.24, 2.45) is 0 Å². The fourth-order valence-corrected chi connectivity index (χ4v) is 2.36. The maximum Gasteiger partial charge on any atom is 0.273 e. The Hall–Kier alpha value is -1.00. The fraction of sp³-hybridized carbons (Fsp3) is 0.571. The van der Waals surface area contributed by atoms with Gasteiger partial charge in [0.05, 0.1) is 0 Å². The van der Waals surface area contributed by atoms with Gasteiger partial charge in [0.25, 0.3) is 5.92 Å². The molecule has 1 aromatic rings. The van der Waals surface area contributed by atoms with Crippen LogP contribution in [-0.4, -0.2) is 31.6 Å². The summed E-state index contributed by atoms with van der Waals surface area (Å²) >= 11 is 0. The van der Waals surface area contributed by atoms with E-state index in [9.17, 15) is 8.78 Å². The number of nitrogens with one attached hydrogen (secondary N) is 1. The molecule has 0 aliphatic carbocycles. The van der Waals surface area contributed by atoms with E-state index < -0.39 is 5.92 Å². The molecule has 1 atom stereocenters. The van der Waals surface area contributed by atoms with E-state index in [1.807, 2.05) is 13.1 Å². The number of hydrogen-bond donors (Lipinski definition) is 1.